The molecule has 1 saturated heterocycles. The highest BCUT2D eigenvalue weighted by Gasteiger charge is 2.44. The molecule has 2 aliphatic rings. The van der Waals surface area contributed by atoms with E-state index in [1.165, 1.54) is 4.90 Å². The molecule has 1 aromatic carbocycles. The zero-order chi connectivity index (χ0) is 14.2. The monoisotopic (exact) mass is 335 g/mol. The second kappa shape index (κ2) is 5.32. The molecule has 0 unspecified atom stereocenters. The van der Waals surface area contributed by atoms with Crippen molar-refractivity contribution in [2.24, 2.45) is 5.41 Å². The lowest BCUT2D eigenvalue weighted by Gasteiger charge is -2.37. The van der Waals surface area contributed by atoms with E-state index in [1.807, 2.05) is 24.3 Å². The van der Waals surface area contributed by atoms with Crippen molar-refractivity contribution in [3.05, 3.63) is 34.3 Å². The van der Waals surface area contributed by atoms with Crippen LogP contribution in [0.1, 0.15) is 44.1 Å². The zero-order valence-electron chi connectivity index (χ0n) is 11.4. The topological polar surface area (TPSA) is 37.4 Å². The zero-order valence-corrected chi connectivity index (χ0v) is 13.0. The maximum absolute atomic E-state index is 12.3. The summed E-state index contributed by atoms with van der Waals surface area (Å²) < 4.78 is 1.00. The third-order valence-corrected chi connectivity index (χ3v) is 5.10. The Morgan fingerprint density at radius 2 is 1.55 bits per heavy atom. The Morgan fingerprint density at radius 3 is 2.10 bits per heavy atom. The highest BCUT2D eigenvalue weighted by molar-refractivity contribution is 9.10. The minimum Gasteiger partial charge on any atom is -0.278 e. The summed E-state index contributed by atoms with van der Waals surface area (Å²) in [7, 11) is 0. The van der Waals surface area contributed by atoms with Crippen molar-refractivity contribution in [2.75, 3.05) is 0 Å². The lowest BCUT2D eigenvalue weighted by molar-refractivity contribution is -0.154. The minimum absolute atomic E-state index is 0.00562. The Bertz CT molecular complexity index is 512. The van der Waals surface area contributed by atoms with Crippen LogP contribution in [0.4, 0.5) is 0 Å². The van der Waals surface area contributed by atoms with Crippen LogP contribution in [0, 0.1) is 5.41 Å². The Hall–Kier alpha value is -1.16. The van der Waals surface area contributed by atoms with Crippen molar-refractivity contribution < 1.29 is 9.59 Å². The number of nitrogens with zero attached hydrogens (tertiary/aromatic N) is 1. The summed E-state index contributed by atoms with van der Waals surface area (Å²) in [6.07, 6.45) is 5.50. The van der Waals surface area contributed by atoms with Gasteiger partial charge in [-0.3, -0.25) is 14.5 Å². The molecule has 1 heterocycles. The SMILES string of the molecule is O=C1CC2(CCCC2)CC(=O)N1Cc1ccc(Br)cc1. The van der Waals surface area contributed by atoms with Gasteiger partial charge < -0.3 is 0 Å². The molecular formula is C16H18BrNO2. The molecule has 1 aromatic rings. The summed E-state index contributed by atoms with van der Waals surface area (Å²) in [4.78, 5) is 26.1. The first kappa shape index (κ1) is 13.8. The number of amides is 2. The quantitative estimate of drug-likeness (QED) is 0.773. The van der Waals surface area contributed by atoms with Gasteiger partial charge in [0.05, 0.1) is 6.54 Å². The molecule has 0 aromatic heterocycles. The largest absolute Gasteiger partial charge is 0.278 e. The first-order valence-corrected chi connectivity index (χ1v) is 7.95. The van der Waals surface area contributed by atoms with Crippen molar-refractivity contribution in [1.29, 1.82) is 0 Å². The van der Waals surface area contributed by atoms with Crippen LogP contribution < -0.4 is 0 Å². The van der Waals surface area contributed by atoms with Gasteiger partial charge in [-0.1, -0.05) is 40.9 Å². The van der Waals surface area contributed by atoms with Gasteiger partial charge in [0.1, 0.15) is 0 Å². The van der Waals surface area contributed by atoms with Crippen LogP contribution >= 0.6 is 15.9 Å². The summed E-state index contributed by atoms with van der Waals surface area (Å²) in [5, 5.41) is 0. The average molecular weight is 336 g/mol. The van der Waals surface area contributed by atoms with Crippen molar-refractivity contribution in [3.8, 4) is 0 Å². The van der Waals surface area contributed by atoms with Crippen LogP contribution in [0.15, 0.2) is 28.7 Å². The van der Waals surface area contributed by atoms with E-state index in [0.29, 0.717) is 19.4 Å². The van der Waals surface area contributed by atoms with Gasteiger partial charge in [-0.15, -0.1) is 0 Å². The first-order chi connectivity index (χ1) is 9.58. The molecule has 0 bridgehead atoms. The Balaban J connectivity index is 1.73. The number of carbonyl (C=O) groups is 2. The van der Waals surface area contributed by atoms with E-state index in [2.05, 4.69) is 15.9 Å². The molecule has 1 spiro atoms. The summed E-state index contributed by atoms with van der Waals surface area (Å²) in [6, 6.07) is 7.77. The molecule has 4 heteroatoms. The molecule has 106 valence electrons. The highest BCUT2D eigenvalue weighted by atomic mass is 79.9. The minimum atomic E-state index is -0.00954. The summed E-state index contributed by atoms with van der Waals surface area (Å²) in [6.45, 7) is 0.404. The third-order valence-electron chi connectivity index (χ3n) is 4.57. The second-order valence-corrected chi connectivity index (χ2v) is 6.98. The van der Waals surface area contributed by atoms with Gasteiger partial charge in [0, 0.05) is 17.3 Å². The van der Waals surface area contributed by atoms with Gasteiger partial charge in [-0.05, 0) is 36.0 Å². The Morgan fingerprint density at radius 1 is 1.00 bits per heavy atom. The molecule has 2 amide bonds. The van der Waals surface area contributed by atoms with E-state index in [-0.39, 0.29) is 17.2 Å². The van der Waals surface area contributed by atoms with E-state index in [1.54, 1.807) is 0 Å². The number of imide groups is 1. The lowest BCUT2D eigenvalue weighted by atomic mass is 9.76. The molecule has 1 aliphatic heterocycles. The summed E-state index contributed by atoms with van der Waals surface area (Å²) in [5.74, 6) is 0.0112. The van der Waals surface area contributed by atoms with Crippen molar-refractivity contribution in [1.82, 2.24) is 4.90 Å². The lowest BCUT2D eigenvalue weighted by Crippen LogP contribution is -2.46. The fraction of sp³-hybridized carbons (Fsp3) is 0.500. The molecule has 0 radical (unpaired) electrons. The summed E-state index contributed by atoms with van der Waals surface area (Å²) >= 11 is 3.39. The highest BCUT2D eigenvalue weighted by Crippen LogP contribution is 2.47. The van der Waals surface area contributed by atoms with Crippen LogP contribution in [0.25, 0.3) is 0 Å². The molecule has 0 atom stereocenters. The van der Waals surface area contributed by atoms with E-state index in [0.717, 1.165) is 35.7 Å². The van der Waals surface area contributed by atoms with Crippen LogP contribution in [-0.4, -0.2) is 16.7 Å². The molecule has 3 nitrogen and oxygen atoms in total. The van der Waals surface area contributed by atoms with Gasteiger partial charge in [0.25, 0.3) is 0 Å². The molecular weight excluding hydrogens is 318 g/mol. The smallest absolute Gasteiger partial charge is 0.230 e. The molecule has 1 aliphatic carbocycles. The molecule has 20 heavy (non-hydrogen) atoms. The third kappa shape index (κ3) is 2.66. The van der Waals surface area contributed by atoms with Crippen LogP contribution in [0.3, 0.4) is 0 Å². The van der Waals surface area contributed by atoms with Gasteiger partial charge in [-0.25, -0.2) is 0 Å². The molecule has 3 rings (SSSR count). The van der Waals surface area contributed by atoms with Crippen molar-refractivity contribution >= 4 is 27.7 Å². The van der Waals surface area contributed by atoms with Crippen molar-refractivity contribution in [3.63, 3.8) is 0 Å². The van der Waals surface area contributed by atoms with Gasteiger partial charge >= 0.3 is 0 Å². The fourth-order valence-electron chi connectivity index (χ4n) is 3.46. The van der Waals surface area contributed by atoms with Crippen LogP contribution in [0.5, 0.6) is 0 Å². The van der Waals surface area contributed by atoms with Gasteiger partial charge in [-0.2, -0.15) is 0 Å². The average Bonchev–Trinajstić information content (AvgIpc) is 2.84. The number of piperidine rings is 1. The number of benzene rings is 1. The molecule has 1 saturated carbocycles. The Kier molecular flexibility index (Phi) is 3.67. The fourth-order valence-corrected chi connectivity index (χ4v) is 3.73. The van der Waals surface area contributed by atoms with E-state index >= 15 is 0 Å². The van der Waals surface area contributed by atoms with E-state index < -0.39 is 0 Å². The van der Waals surface area contributed by atoms with Gasteiger partial charge in [0.15, 0.2) is 0 Å². The molecule has 2 fully saturated rings. The number of halogens is 1. The number of carbonyl (C=O) groups excluding carboxylic acids is 2. The predicted molar refractivity (Wildman–Crippen MR) is 79.8 cm³/mol. The second-order valence-electron chi connectivity index (χ2n) is 6.06. The normalized spacial score (nSPS) is 21.8. The van der Waals surface area contributed by atoms with Crippen molar-refractivity contribution in [2.45, 2.75) is 45.1 Å². The number of hydrogen-bond donors (Lipinski definition) is 0. The standard InChI is InChI=1S/C16H18BrNO2/c17-13-5-3-12(4-6-13)11-18-14(19)9-16(10-15(18)20)7-1-2-8-16/h3-6H,1-2,7-11H2. The van der Waals surface area contributed by atoms with Crippen LogP contribution in [-0.2, 0) is 16.1 Å². The molecule has 0 N–H and O–H groups in total. The number of likely N-dealkylation sites (tertiary alicyclic amines) is 1. The van der Waals surface area contributed by atoms with E-state index in [4.69, 9.17) is 0 Å². The van der Waals surface area contributed by atoms with E-state index in [9.17, 15) is 9.59 Å². The predicted octanol–water partition coefficient (Wildman–Crippen LogP) is 3.66. The Labute approximate surface area is 127 Å². The summed E-state index contributed by atoms with van der Waals surface area (Å²) in [5.41, 5.74) is 0.988. The maximum Gasteiger partial charge on any atom is 0.230 e. The maximum atomic E-state index is 12.3. The first-order valence-electron chi connectivity index (χ1n) is 7.16. The van der Waals surface area contributed by atoms with Crippen LogP contribution in [0.2, 0.25) is 0 Å². The van der Waals surface area contributed by atoms with Gasteiger partial charge in [0.2, 0.25) is 11.8 Å². The number of hydrogen-bond acceptors (Lipinski definition) is 2. The number of rotatable bonds is 2.